The van der Waals surface area contributed by atoms with Crippen molar-refractivity contribution in [1.82, 2.24) is 15.5 Å². The number of ether oxygens (including phenoxy) is 3. The molecular weight excluding hydrogens is 473 g/mol. The van der Waals surface area contributed by atoms with E-state index in [0.717, 1.165) is 19.5 Å². The van der Waals surface area contributed by atoms with Gasteiger partial charge in [-0.05, 0) is 40.1 Å². The van der Waals surface area contributed by atoms with Gasteiger partial charge in [-0.25, -0.2) is 4.99 Å². The summed E-state index contributed by atoms with van der Waals surface area (Å²) < 4.78 is 40.5. The third-order valence-corrected chi connectivity index (χ3v) is 3.60. The molecule has 0 atom stereocenters. The molecule has 1 aliphatic heterocycles. The van der Waals surface area contributed by atoms with Crippen LogP contribution in [0, 0.1) is 0 Å². The minimum absolute atomic E-state index is 0. The monoisotopic (exact) mass is 500 g/mol. The quantitative estimate of drug-likeness (QED) is 0.235. The number of alkyl halides is 2. The number of rotatable bonds is 9. The van der Waals surface area contributed by atoms with Crippen LogP contribution in [0.3, 0.4) is 0 Å². The highest BCUT2D eigenvalue weighted by molar-refractivity contribution is 14.0. The SMILES string of the molecule is CCNC(=NCc1cc2c(cc1OC(F)F)OCO2)NCCCN(C)C.I. The molecule has 0 spiro atoms. The molecule has 1 aromatic rings. The molecule has 1 aliphatic rings. The predicted molar refractivity (Wildman–Crippen MR) is 111 cm³/mol. The largest absolute Gasteiger partial charge is 0.454 e. The first-order chi connectivity index (χ1) is 12.5. The van der Waals surface area contributed by atoms with Crippen LogP contribution in [0.15, 0.2) is 17.1 Å². The van der Waals surface area contributed by atoms with Crippen LogP contribution in [0.4, 0.5) is 8.78 Å². The van der Waals surface area contributed by atoms with Gasteiger partial charge in [0, 0.05) is 24.7 Å². The maximum Gasteiger partial charge on any atom is 0.387 e. The van der Waals surface area contributed by atoms with Crippen molar-refractivity contribution in [3.05, 3.63) is 17.7 Å². The number of fused-ring (bicyclic) bond motifs is 1. The lowest BCUT2D eigenvalue weighted by molar-refractivity contribution is -0.0505. The standard InChI is InChI=1S/C17H26F2N4O3.HI/c1-4-20-17(21-6-5-7-23(2)3)22-10-12-8-14-15(25-11-24-14)9-13(12)26-16(18)19;/h8-9,16H,4-7,10-11H2,1-3H3,(H2,20,21,22);1H. The molecule has 0 saturated heterocycles. The number of benzene rings is 1. The fourth-order valence-corrected chi connectivity index (χ4v) is 2.40. The van der Waals surface area contributed by atoms with E-state index in [1.54, 1.807) is 6.07 Å². The molecule has 0 unspecified atom stereocenters. The Morgan fingerprint density at radius 3 is 2.59 bits per heavy atom. The molecular formula is C17H27F2IN4O3. The van der Waals surface area contributed by atoms with E-state index < -0.39 is 6.61 Å². The lowest BCUT2D eigenvalue weighted by Crippen LogP contribution is -2.38. The van der Waals surface area contributed by atoms with Crippen LogP contribution < -0.4 is 24.8 Å². The van der Waals surface area contributed by atoms with Gasteiger partial charge in [-0.1, -0.05) is 0 Å². The van der Waals surface area contributed by atoms with Gasteiger partial charge in [0.2, 0.25) is 6.79 Å². The third kappa shape index (κ3) is 7.91. The molecule has 2 rings (SSSR count). The molecule has 0 amide bonds. The second-order valence-corrected chi connectivity index (χ2v) is 5.97. The molecule has 1 aromatic carbocycles. The Kier molecular flexibility index (Phi) is 10.4. The van der Waals surface area contributed by atoms with Crippen molar-refractivity contribution in [3.8, 4) is 17.2 Å². The highest BCUT2D eigenvalue weighted by Gasteiger charge is 2.20. The van der Waals surface area contributed by atoms with Crippen molar-refractivity contribution in [1.29, 1.82) is 0 Å². The van der Waals surface area contributed by atoms with E-state index in [4.69, 9.17) is 9.47 Å². The predicted octanol–water partition coefficient (Wildman–Crippen LogP) is 2.64. The molecule has 27 heavy (non-hydrogen) atoms. The van der Waals surface area contributed by atoms with E-state index in [1.807, 2.05) is 21.0 Å². The number of hydrogen-bond acceptors (Lipinski definition) is 5. The molecule has 0 bridgehead atoms. The number of guanidine groups is 1. The maximum atomic E-state index is 12.7. The lowest BCUT2D eigenvalue weighted by Gasteiger charge is -2.14. The summed E-state index contributed by atoms with van der Waals surface area (Å²) in [7, 11) is 4.03. The van der Waals surface area contributed by atoms with E-state index in [1.165, 1.54) is 6.07 Å². The summed E-state index contributed by atoms with van der Waals surface area (Å²) in [5.74, 6) is 1.55. The van der Waals surface area contributed by atoms with Crippen molar-refractivity contribution in [2.24, 2.45) is 4.99 Å². The summed E-state index contributed by atoms with van der Waals surface area (Å²) in [6, 6.07) is 3.04. The summed E-state index contributed by atoms with van der Waals surface area (Å²) in [5, 5.41) is 6.36. The molecule has 0 fully saturated rings. The normalized spacial score (nSPS) is 12.9. The molecule has 1 heterocycles. The van der Waals surface area contributed by atoms with Crippen molar-refractivity contribution < 1.29 is 23.0 Å². The highest BCUT2D eigenvalue weighted by Crippen LogP contribution is 2.38. The zero-order valence-electron chi connectivity index (χ0n) is 15.8. The van der Waals surface area contributed by atoms with Gasteiger partial charge in [0.25, 0.3) is 0 Å². The molecule has 154 valence electrons. The molecule has 0 aliphatic carbocycles. The van der Waals surface area contributed by atoms with Crippen LogP contribution in [0.1, 0.15) is 18.9 Å². The van der Waals surface area contributed by atoms with E-state index in [9.17, 15) is 8.78 Å². The van der Waals surface area contributed by atoms with Gasteiger partial charge in [0.1, 0.15) is 5.75 Å². The van der Waals surface area contributed by atoms with Crippen LogP contribution in [-0.2, 0) is 6.54 Å². The van der Waals surface area contributed by atoms with Crippen molar-refractivity contribution >= 4 is 29.9 Å². The number of hydrogen-bond donors (Lipinski definition) is 2. The molecule has 0 saturated carbocycles. The summed E-state index contributed by atoms with van der Waals surface area (Å²) in [6.45, 7) is 1.68. The zero-order valence-corrected chi connectivity index (χ0v) is 18.1. The highest BCUT2D eigenvalue weighted by atomic mass is 127. The summed E-state index contributed by atoms with van der Waals surface area (Å²) in [4.78, 5) is 6.56. The summed E-state index contributed by atoms with van der Waals surface area (Å²) in [5.41, 5.74) is 0.500. The Morgan fingerprint density at radius 1 is 1.26 bits per heavy atom. The number of halogens is 3. The second kappa shape index (κ2) is 12.0. The number of nitrogens with one attached hydrogen (secondary N) is 2. The maximum absolute atomic E-state index is 12.7. The fraction of sp³-hybridized carbons (Fsp3) is 0.588. The smallest absolute Gasteiger partial charge is 0.387 e. The second-order valence-electron chi connectivity index (χ2n) is 5.97. The lowest BCUT2D eigenvalue weighted by atomic mass is 10.1. The topological polar surface area (TPSA) is 67.4 Å². The molecule has 10 heteroatoms. The fourth-order valence-electron chi connectivity index (χ4n) is 2.40. The Balaban J connectivity index is 0.00000364. The summed E-state index contributed by atoms with van der Waals surface area (Å²) >= 11 is 0. The minimum atomic E-state index is -2.92. The van der Waals surface area contributed by atoms with Crippen LogP contribution in [-0.4, -0.2) is 58.0 Å². The Bertz CT molecular complexity index is 618. The van der Waals surface area contributed by atoms with Gasteiger partial charge >= 0.3 is 6.61 Å². The van der Waals surface area contributed by atoms with Gasteiger partial charge in [-0.3, -0.25) is 0 Å². The zero-order chi connectivity index (χ0) is 18.9. The van der Waals surface area contributed by atoms with E-state index in [2.05, 4.69) is 25.3 Å². The Labute approximate surface area is 175 Å². The average molecular weight is 500 g/mol. The molecule has 2 N–H and O–H groups in total. The van der Waals surface area contributed by atoms with E-state index in [-0.39, 0.29) is 43.1 Å². The van der Waals surface area contributed by atoms with Gasteiger partial charge in [-0.2, -0.15) is 8.78 Å². The van der Waals surface area contributed by atoms with Gasteiger partial charge in [0.15, 0.2) is 17.5 Å². The molecule has 0 radical (unpaired) electrons. The van der Waals surface area contributed by atoms with Gasteiger partial charge < -0.3 is 29.7 Å². The van der Waals surface area contributed by atoms with E-state index in [0.29, 0.717) is 29.6 Å². The Hall–Kier alpha value is -1.56. The third-order valence-electron chi connectivity index (χ3n) is 3.60. The molecule has 7 nitrogen and oxygen atoms in total. The van der Waals surface area contributed by atoms with Crippen LogP contribution in [0.2, 0.25) is 0 Å². The van der Waals surface area contributed by atoms with Crippen LogP contribution >= 0.6 is 24.0 Å². The average Bonchev–Trinajstić information content (AvgIpc) is 3.02. The van der Waals surface area contributed by atoms with Crippen molar-refractivity contribution in [2.75, 3.05) is 40.5 Å². The first kappa shape index (κ1) is 23.5. The Morgan fingerprint density at radius 2 is 1.96 bits per heavy atom. The van der Waals surface area contributed by atoms with Crippen molar-refractivity contribution in [3.63, 3.8) is 0 Å². The van der Waals surface area contributed by atoms with Crippen molar-refractivity contribution in [2.45, 2.75) is 26.5 Å². The van der Waals surface area contributed by atoms with E-state index >= 15 is 0 Å². The first-order valence-corrected chi connectivity index (χ1v) is 8.53. The van der Waals surface area contributed by atoms with Gasteiger partial charge in [-0.15, -0.1) is 24.0 Å². The van der Waals surface area contributed by atoms with Gasteiger partial charge in [0.05, 0.1) is 6.54 Å². The van der Waals surface area contributed by atoms with Crippen LogP contribution in [0.25, 0.3) is 0 Å². The number of nitrogens with zero attached hydrogens (tertiary/aromatic N) is 2. The first-order valence-electron chi connectivity index (χ1n) is 8.53. The number of aliphatic imine (C=N–C) groups is 1. The summed E-state index contributed by atoms with van der Waals surface area (Å²) in [6.07, 6.45) is 0.960. The van der Waals surface area contributed by atoms with Crippen LogP contribution in [0.5, 0.6) is 17.2 Å². The minimum Gasteiger partial charge on any atom is -0.454 e. The molecule has 0 aromatic heterocycles.